The Morgan fingerprint density at radius 1 is 0.963 bits per heavy atom. The molecule has 0 aliphatic rings. The van der Waals surface area contributed by atoms with Crippen molar-refractivity contribution in [3.63, 3.8) is 0 Å². The number of aromatic nitrogens is 2. The lowest BCUT2D eigenvalue weighted by Crippen LogP contribution is -2.05. The Morgan fingerprint density at radius 2 is 1.70 bits per heavy atom. The molecule has 0 aliphatic carbocycles. The van der Waals surface area contributed by atoms with Crippen molar-refractivity contribution in [3.05, 3.63) is 65.9 Å². The minimum atomic E-state index is 0.160. The van der Waals surface area contributed by atoms with Crippen LogP contribution in [0, 0.1) is 6.92 Å². The second kappa shape index (κ2) is 8.54. The first-order valence-corrected chi connectivity index (χ1v) is 9.28. The molecule has 0 unspecified atom stereocenters. The van der Waals surface area contributed by atoms with Crippen molar-refractivity contribution < 1.29 is 4.74 Å². The fourth-order valence-electron chi connectivity index (χ4n) is 2.80. The van der Waals surface area contributed by atoms with Crippen LogP contribution in [-0.4, -0.2) is 16.1 Å². The molecule has 0 spiro atoms. The molecule has 0 saturated carbocycles. The summed E-state index contributed by atoms with van der Waals surface area (Å²) in [5.74, 6) is 2.18. The van der Waals surface area contributed by atoms with Crippen molar-refractivity contribution in [2.24, 2.45) is 0 Å². The summed E-state index contributed by atoms with van der Waals surface area (Å²) in [7, 11) is 0. The van der Waals surface area contributed by atoms with Gasteiger partial charge in [-0.25, -0.2) is 4.98 Å². The molecule has 3 rings (SSSR count). The number of para-hydroxylation sites is 1. The fraction of sp³-hybridized carbons (Fsp3) is 0.273. The molecule has 27 heavy (non-hydrogen) atoms. The zero-order valence-electron chi connectivity index (χ0n) is 16.3. The highest BCUT2D eigenvalue weighted by atomic mass is 16.5. The van der Waals surface area contributed by atoms with Crippen LogP contribution in [-0.2, 0) is 6.42 Å². The molecule has 140 valence electrons. The Kier molecular flexibility index (Phi) is 5.91. The van der Waals surface area contributed by atoms with E-state index in [1.807, 2.05) is 69.3 Å². The Labute approximate surface area is 160 Å². The molecule has 0 atom stereocenters. The first-order chi connectivity index (χ1) is 13.0. The second-order valence-corrected chi connectivity index (χ2v) is 6.67. The van der Waals surface area contributed by atoms with Crippen molar-refractivity contribution in [1.29, 1.82) is 0 Å². The molecule has 0 radical (unpaired) electrons. The van der Waals surface area contributed by atoms with Crippen molar-refractivity contribution in [1.82, 2.24) is 9.97 Å². The van der Waals surface area contributed by atoms with Gasteiger partial charge in [-0.3, -0.25) is 0 Å². The number of nitrogens with one attached hydrogen (secondary N) is 2. The quantitative estimate of drug-likeness (QED) is 0.571. The largest absolute Gasteiger partial charge is 0.491 e. The van der Waals surface area contributed by atoms with Crippen LogP contribution in [0.3, 0.4) is 0 Å². The summed E-state index contributed by atoms with van der Waals surface area (Å²) in [6, 6.07) is 18.0. The summed E-state index contributed by atoms with van der Waals surface area (Å²) in [6.07, 6.45) is 1.11. The van der Waals surface area contributed by atoms with Crippen LogP contribution in [0.2, 0.25) is 0 Å². The van der Waals surface area contributed by atoms with Crippen molar-refractivity contribution in [2.75, 3.05) is 10.6 Å². The summed E-state index contributed by atoms with van der Waals surface area (Å²) in [5.41, 5.74) is 4.11. The van der Waals surface area contributed by atoms with Crippen LogP contribution in [0.15, 0.2) is 54.6 Å². The Balaban J connectivity index is 1.77. The Hall–Kier alpha value is -3.08. The zero-order chi connectivity index (χ0) is 19.2. The molecule has 5 nitrogen and oxygen atoms in total. The van der Waals surface area contributed by atoms with Gasteiger partial charge >= 0.3 is 0 Å². The molecule has 1 aromatic heterocycles. The van der Waals surface area contributed by atoms with Crippen molar-refractivity contribution in [2.45, 2.75) is 40.2 Å². The van der Waals surface area contributed by atoms with Crippen molar-refractivity contribution >= 4 is 23.1 Å². The highest BCUT2D eigenvalue weighted by Gasteiger charge is 2.06. The number of ether oxygens (including phenoxy) is 1. The van der Waals surface area contributed by atoms with Gasteiger partial charge in [-0.1, -0.05) is 25.1 Å². The molecule has 5 heteroatoms. The zero-order valence-corrected chi connectivity index (χ0v) is 16.3. The van der Waals surface area contributed by atoms with E-state index in [1.54, 1.807) is 0 Å². The van der Waals surface area contributed by atoms with Gasteiger partial charge in [0, 0.05) is 23.1 Å². The summed E-state index contributed by atoms with van der Waals surface area (Å²) >= 11 is 0. The number of hydrogen-bond acceptors (Lipinski definition) is 5. The molecule has 0 saturated heterocycles. The van der Waals surface area contributed by atoms with Gasteiger partial charge in [0.1, 0.15) is 11.6 Å². The molecule has 0 amide bonds. The maximum Gasteiger partial charge on any atom is 0.229 e. The van der Waals surface area contributed by atoms with E-state index >= 15 is 0 Å². The minimum absolute atomic E-state index is 0.160. The van der Waals surface area contributed by atoms with E-state index in [2.05, 4.69) is 33.6 Å². The topological polar surface area (TPSA) is 59.1 Å². The molecule has 0 fully saturated rings. The van der Waals surface area contributed by atoms with Gasteiger partial charge in [0.2, 0.25) is 5.95 Å². The highest BCUT2D eigenvalue weighted by molar-refractivity contribution is 5.62. The second-order valence-electron chi connectivity index (χ2n) is 6.67. The predicted molar refractivity (Wildman–Crippen MR) is 111 cm³/mol. The first-order valence-electron chi connectivity index (χ1n) is 9.28. The van der Waals surface area contributed by atoms with Gasteiger partial charge in [-0.05, 0) is 63.1 Å². The number of benzene rings is 2. The lowest BCUT2D eigenvalue weighted by atomic mass is 10.1. The average Bonchev–Trinajstić information content (AvgIpc) is 2.63. The number of nitrogens with zero attached hydrogens (tertiary/aromatic N) is 2. The predicted octanol–water partition coefficient (Wildman–Crippen LogP) is 5.62. The lowest BCUT2D eigenvalue weighted by molar-refractivity contribution is 0.242. The average molecular weight is 362 g/mol. The van der Waals surface area contributed by atoms with Gasteiger partial charge in [0.15, 0.2) is 0 Å². The van der Waals surface area contributed by atoms with E-state index in [4.69, 9.17) is 4.74 Å². The third-order valence-electron chi connectivity index (χ3n) is 4.00. The third kappa shape index (κ3) is 5.20. The van der Waals surface area contributed by atoms with Crippen LogP contribution < -0.4 is 15.4 Å². The Bertz CT molecular complexity index is 891. The fourth-order valence-corrected chi connectivity index (χ4v) is 2.80. The lowest BCUT2D eigenvalue weighted by Gasteiger charge is -2.13. The molecular formula is C22H26N4O. The summed E-state index contributed by atoms with van der Waals surface area (Å²) < 4.78 is 5.68. The standard InChI is InChI=1S/C22H26N4O/c1-5-17-8-6-7-9-20(17)25-22-23-16(4)14-21(26-22)24-18-10-12-19(13-11-18)27-15(2)3/h6-15H,5H2,1-4H3,(H2,23,24,25,26). The van der Waals surface area contributed by atoms with Gasteiger partial charge in [-0.2, -0.15) is 4.98 Å². The third-order valence-corrected chi connectivity index (χ3v) is 4.00. The van der Waals surface area contributed by atoms with E-state index in [-0.39, 0.29) is 6.10 Å². The molecule has 2 aromatic carbocycles. The first kappa shape index (κ1) is 18.7. The van der Waals surface area contributed by atoms with Crippen LogP contribution in [0.1, 0.15) is 32.0 Å². The summed E-state index contributed by atoms with van der Waals surface area (Å²) in [6.45, 7) is 8.13. The molecule has 3 aromatic rings. The van der Waals surface area contributed by atoms with Gasteiger partial charge in [-0.15, -0.1) is 0 Å². The molecule has 0 bridgehead atoms. The SMILES string of the molecule is CCc1ccccc1Nc1nc(C)cc(Nc2ccc(OC(C)C)cc2)n1. The van der Waals surface area contributed by atoms with Crippen LogP contribution in [0.25, 0.3) is 0 Å². The van der Waals surface area contributed by atoms with E-state index in [9.17, 15) is 0 Å². The maximum atomic E-state index is 5.68. The normalized spacial score (nSPS) is 10.7. The van der Waals surface area contributed by atoms with E-state index < -0.39 is 0 Å². The van der Waals surface area contributed by atoms with E-state index in [0.29, 0.717) is 5.95 Å². The molecular weight excluding hydrogens is 336 g/mol. The van der Waals surface area contributed by atoms with Crippen LogP contribution in [0.5, 0.6) is 5.75 Å². The number of anilines is 4. The molecule has 2 N–H and O–H groups in total. The number of rotatable bonds is 7. The van der Waals surface area contributed by atoms with E-state index in [1.165, 1.54) is 5.56 Å². The maximum absolute atomic E-state index is 5.68. The highest BCUT2D eigenvalue weighted by Crippen LogP contribution is 2.23. The summed E-state index contributed by atoms with van der Waals surface area (Å²) in [5, 5.41) is 6.67. The van der Waals surface area contributed by atoms with Crippen LogP contribution in [0.4, 0.5) is 23.1 Å². The van der Waals surface area contributed by atoms with Gasteiger partial charge in [0.25, 0.3) is 0 Å². The van der Waals surface area contributed by atoms with E-state index in [0.717, 1.165) is 35.1 Å². The number of hydrogen-bond donors (Lipinski definition) is 2. The van der Waals surface area contributed by atoms with Crippen molar-refractivity contribution in [3.8, 4) is 5.75 Å². The minimum Gasteiger partial charge on any atom is -0.491 e. The Morgan fingerprint density at radius 3 is 2.41 bits per heavy atom. The monoisotopic (exact) mass is 362 g/mol. The number of aryl methyl sites for hydroxylation is 2. The summed E-state index contributed by atoms with van der Waals surface area (Å²) in [4.78, 5) is 9.12. The smallest absolute Gasteiger partial charge is 0.229 e. The molecule has 0 aliphatic heterocycles. The molecule has 1 heterocycles. The van der Waals surface area contributed by atoms with Gasteiger partial charge < -0.3 is 15.4 Å². The van der Waals surface area contributed by atoms with Gasteiger partial charge in [0.05, 0.1) is 6.10 Å². The van der Waals surface area contributed by atoms with Crippen LogP contribution >= 0.6 is 0 Å².